The second-order valence-electron chi connectivity index (χ2n) is 6.50. The van der Waals surface area contributed by atoms with Crippen molar-refractivity contribution in [3.05, 3.63) is 11.6 Å². The smallest absolute Gasteiger partial charge is 0.320 e. The fraction of sp³-hybridized carbons (Fsp3) is 0.812. The van der Waals surface area contributed by atoms with Gasteiger partial charge in [0.25, 0.3) is 0 Å². The lowest BCUT2D eigenvalue weighted by molar-refractivity contribution is -0.135. The van der Waals surface area contributed by atoms with Gasteiger partial charge in [-0.2, -0.15) is 0 Å². The van der Waals surface area contributed by atoms with Crippen molar-refractivity contribution in [1.29, 1.82) is 0 Å². The maximum absolute atomic E-state index is 11.1. The van der Waals surface area contributed by atoms with E-state index in [0.29, 0.717) is 11.2 Å². The molecular formula is C16H28O3S. The second-order valence-corrected chi connectivity index (χ2v) is 7.85. The first-order chi connectivity index (χ1) is 9.25. The van der Waals surface area contributed by atoms with E-state index in [0.717, 1.165) is 24.8 Å². The van der Waals surface area contributed by atoms with Crippen LogP contribution in [0.1, 0.15) is 53.4 Å². The van der Waals surface area contributed by atoms with Gasteiger partial charge < -0.3 is 9.84 Å². The van der Waals surface area contributed by atoms with E-state index in [2.05, 4.69) is 26.8 Å². The molecule has 1 aliphatic rings. The molecule has 3 atom stereocenters. The van der Waals surface area contributed by atoms with Gasteiger partial charge >= 0.3 is 5.97 Å². The van der Waals surface area contributed by atoms with Crippen LogP contribution in [0, 0.1) is 5.92 Å². The summed E-state index contributed by atoms with van der Waals surface area (Å²) in [5.41, 5.74) is 0.965. The lowest BCUT2D eigenvalue weighted by Gasteiger charge is -2.24. The van der Waals surface area contributed by atoms with Gasteiger partial charge in [0.1, 0.15) is 5.25 Å². The maximum Gasteiger partial charge on any atom is 0.320 e. The third-order valence-corrected chi connectivity index (χ3v) is 5.58. The monoisotopic (exact) mass is 300 g/mol. The minimum Gasteiger partial charge on any atom is -0.480 e. The van der Waals surface area contributed by atoms with Crippen molar-refractivity contribution in [2.24, 2.45) is 5.92 Å². The molecule has 0 radical (unpaired) electrons. The van der Waals surface area contributed by atoms with Crippen LogP contribution in [-0.2, 0) is 9.53 Å². The van der Waals surface area contributed by atoms with E-state index in [-0.39, 0.29) is 10.9 Å². The first-order valence-electron chi connectivity index (χ1n) is 7.37. The molecule has 0 saturated carbocycles. The number of rotatable bonds is 8. The van der Waals surface area contributed by atoms with Crippen molar-refractivity contribution < 1.29 is 14.6 Å². The van der Waals surface area contributed by atoms with Gasteiger partial charge in [-0.25, -0.2) is 0 Å². The van der Waals surface area contributed by atoms with E-state index in [1.807, 2.05) is 6.92 Å². The second kappa shape index (κ2) is 7.51. The zero-order valence-corrected chi connectivity index (χ0v) is 14.1. The van der Waals surface area contributed by atoms with E-state index in [1.165, 1.54) is 6.42 Å². The zero-order chi connectivity index (χ0) is 15.3. The van der Waals surface area contributed by atoms with E-state index in [4.69, 9.17) is 9.84 Å². The molecule has 0 amide bonds. The summed E-state index contributed by atoms with van der Waals surface area (Å²) in [7, 11) is 1.76. The summed E-state index contributed by atoms with van der Waals surface area (Å²) >= 11 is 1.58. The predicted octanol–water partition coefficient (Wildman–Crippen LogP) is 4.12. The minimum atomic E-state index is -0.708. The molecule has 4 heteroatoms. The lowest BCUT2D eigenvalue weighted by Crippen LogP contribution is -2.22. The number of carboxylic acid groups (broad SMARTS) is 1. The van der Waals surface area contributed by atoms with Crippen LogP contribution in [0.25, 0.3) is 0 Å². The molecule has 0 saturated heterocycles. The van der Waals surface area contributed by atoms with Gasteiger partial charge in [-0.05, 0) is 39.5 Å². The Morgan fingerprint density at radius 2 is 2.20 bits per heavy atom. The molecule has 1 heterocycles. The molecule has 0 spiro atoms. The van der Waals surface area contributed by atoms with Crippen LogP contribution in [0.4, 0.5) is 0 Å². The summed E-state index contributed by atoms with van der Waals surface area (Å²) in [6.45, 7) is 8.43. The Kier molecular flexibility index (Phi) is 6.59. The summed E-state index contributed by atoms with van der Waals surface area (Å²) in [5.74, 6) is -0.0856. The number of aliphatic carboxylic acids is 1. The van der Waals surface area contributed by atoms with Crippen LogP contribution >= 0.6 is 11.8 Å². The third-order valence-electron chi connectivity index (χ3n) is 4.06. The van der Waals surface area contributed by atoms with Crippen molar-refractivity contribution in [1.82, 2.24) is 0 Å². The standard InChI is InChI=1S/C16H28O3S/c1-11(7-6-8-16(3,4)19-5)9-13-10-12(2)14(20-13)15(17)18/h10-11,13-14H,6-9H2,1-5H3,(H,17,18). The van der Waals surface area contributed by atoms with Gasteiger partial charge in [-0.1, -0.05) is 31.4 Å². The van der Waals surface area contributed by atoms with Gasteiger partial charge in [0.05, 0.1) is 5.60 Å². The molecule has 1 N–H and O–H groups in total. The molecule has 0 aromatic heterocycles. The molecule has 1 aliphatic heterocycles. The Labute approximate surface area is 127 Å². The normalized spacial score (nSPS) is 24.6. The van der Waals surface area contributed by atoms with Crippen LogP contribution in [0.15, 0.2) is 11.6 Å². The zero-order valence-electron chi connectivity index (χ0n) is 13.3. The maximum atomic E-state index is 11.1. The third kappa shape index (κ3) is 5.49. The quantitative estimate of drug-likeness (QED) is 0.685. The predicted molar refractivity (Wildman–Crippen MR) is 85.3 cm³/mol. The number of methoxy groups -OCH3 is 1. The molecule has 3 unspecified atom stereocenters. The van der Waals surface area contributed by atoms with Crippen LogP contribution in [0.5, 0.6) is 0 Å². The Hall–Kier alpha value is -0.480. The summed E-state index contributed by atoms with van der Waals surface area (Å²) < 4.78 is 5.43. The van der Waals surface area contributed by atoms with Crippen LogP contribution in [-0.4, -0.2) is 34.3 Å². The van der Waals surface area contributed by atoms with Crippen molar-refractivity contribution >= 4 is 17.7 Å². The Balaban J connectivity index is 2.30. The Morgan fingerprint density at radius 1 is 1.55 bits per heavy atom. The van der Waals surface area contributed by atoms with Crippen molar-refractivity contribution in [2.45, 2.75) is 69.5 Å². The number of carboxylic acids is 1. The summed E-state index contributed by atoms with van der Waals surface area (Å²) in [6.07, 6.45) is 6.61. The fourth-order valence-corrected chi connectivity index (χ4v) is 4.06. The topological polar surface area (TPSA) is 46.5 Å². The van der Waals surface area contributed by atoms with E-state index < -0.39 is 5.97 Å². The van der Waals surface area contributed by atoms with E-state index in [1.54, 1.807) is 18.9 Å². The van der Waals surface area contributed by atoms with E-state index >= 15 is 0 Å². The van der Waals surface area contributed by atoms with Crippen LogP contribution in [0.3, 0.4) is 0 Å². The first kappa shape index (κ1) is 17.6. The van der Waals surface area contributed by atoms with E-state index in [9.17, 15) is 4.79 Å². The van der Waals surface area contributed by atoms with Gasteiger partial charge in [-0.3, -0.25) is 4.79 Å². The molecule has 0 aromatic carbocycles. The Bertz CT molecular complexity index is 363. The number of thioether (sulfide) groups is 1. The minimum absolute atomic E-state index is 0.0350. The molecule has 0 fully saturated rings. The molecule has 0 bridgehead atoms. The summed E-state index contributed by atoms with van der Waals surface area (Å²) in [4.78, 5) is 11.1. The molecule has 3 nitrogen and oxygen atoms in total. The van der Waals surface area contributed by atoms with Crippen molar-refractivity contribution in [3.63, 3.8) is 0 Å². The Morgan fingerprint density at radius 3 is 2.70 bits per heavy atom. The van der Waals surface area contributed by atoms with Crippen molar-refractivity contribution in [2.75, 3.05) is 7.11 Å². The molecule has 0 aliphatic carbocycles. The highest BCUT2D eigenvalue weighted by molar-refractivity contribution is 8.01. The lowest BCUT2D eigenvalue weighted by atomic mass is 9.93. The average molecular weight is 300 g/mol. The molecule has 116 valence electrons. The fourth-order valence-electron chi connectivity index (χ4n) is 2.57. The van der Waals surface area contributed by atoms with Crippen molar-refractivity contribution in [3.8, 4) is 0 Å². The highest BCUT2D eigenvalue weighted by Gasteiger charge is 2.30. The van der Waals surface area contributed by atoms with Gasteiger partial charge in [0.2, 0.25) is 0 Å². The van der Waals surface area contributed by atoms with Gasteiger partial charge in [-0.15, -0.1) is 11.8 Å². The number of carbonyl (C=O) groups is 1. The molecule has 20 heavy (non-hydrogen) atoms. The van der Waals surface area contributed by atoms with Gasteiger partial charge in [0.15, 0.2) is 0 Å². The summed E-state index contributed by atoms with van der Waals surface area (Å²) in [6, 6.07) is 0. The highest BCUT2D eigenvalue weighted by atomic mass is 32.2. The van der Waals surface area contributed by atoms with Crippen LogP contribution in [0.2, 0.25) is 0 Å². The first-order valence-corrected chi connectivity index (χ1v) is 8.31. The molecule has 1 rings (SSSR count). The van der Waals surface area contributed by atoms with Crippen LogP contribution < -0.4 is 0 Å². The number of ether oxygens (including phenoxy) is 1. The average Bonchev–Trinajstić information content (AvgIpc) is 2.70. The van der Waals surface area contributed by atoms with Gasteiger partial charge in [0, 0.05) is 12.4 Å². The highest BCUT2D eigenvalue weighted by Crippen LogP contribution is 2.37. The largest absolute Gasteiger partial charge is 0.480 e. The summed E-state index contributed by atoms with van der Waals surface area (Å²) in [5, 5.41) is 9.15. The number of hydrogen-bond donors (Lipinski definition) is 1. The molecule has 0 aromatic rings. The SMILES string of the molecule is COC(C)(C)CCCC(C)CC1C=C(C)C(C(=O)O)S1. The number of hydrogen-bond acceptors (Lipinski definition) is 3. The molecular weight excluding hydrogens is 272 g/mol.